The minimum Gasteiger partial charge on any atom is -0.266 e. The number of rotatable bonds is 2. The van der Waals surface area contributed by atoms with Gasteiger partial charge in [-0.1, -0.05) is 48.5 Å². The Hall–Kier alpha value is -2.87. The minimum absolute atomic E-state index is 0.0850. The third kappa shape index (κ3) is 2.95. The first-order valence-electron chi connectivity index (χ1n) is 7.90. The van der Waals surface area contributed by atoms with Gasteiger partial charge in [-0.25, -0.2) is 9.67 Å². The molecular weight excluding hydrogens is 423 g/mol. The summed E-state index contributed by atoms with van der Waals surface area (Å²) < 4.78 is 41.9. The maximum Gasteiger partial charge on any atom is 0.434 e. The lowest BCUT2D eigenvalue weighted by Crippen LogP contribution is -2.25. The summed E-state index contributed by atoms with van der Waals surface area (Å²) in [6.45, 7) is 0. The molecule has 8 heteroatoms. The molecule has 0 saturated carbocycles. The Labute approximate surface area is 159 Å². The predicted octanol–water partition coefficient (Wildman–Crippen LogP) is 4.93. The van der Waals surface area contributed by atoms with Crippen LogP contribution in [0.4, 0.5) is 13.2 Å². The molecule has 4 aromatic rings. The van der Waals surface area contributed by atoms with Crippen LogP contribution in [-0.4, -0.2) is 14.2 Å². The van der Waals surface area contributed by atoms with Crippen LogP contribution in [0.15, 0.2) is 76.0 Å². The third-order valence-corrected chi connectivity index (χ3v) is 4.78. The second-order valence-corrected chi connectivity index (χ2v) is 6.58. The molecule has 136 valence electrons. The topological polar surface area (TPSA) is 39.3 Å². The van der Waals surface area contributed by atoms with Crippen molar-refractivity contribution in [1.29, 1.82) is 0 Å². The molecule has 0 saturated heterocycles. The van der Waals surface area contributed by atoms with Gasteiger partial charge in [-0.2, -0.15) is 17.7 Å². The molecule has 2 heterocycles. The van der Waals surface area contributed by atoms with E-state index >= 15 is 0 Å². The van der Waals surface area contributed by atoms with Crippen molar-refractivity contribution in [3.63, 3.8) is 0 Å². The van der Waals surface area contributed by atoms with E-state index in [1.807, 2.05) is 36.4 Å². The molecule has 2 aromatic heterocycles. The standard InChI is InChI=1S/C19H11BrF3N3O/c20-16-17(19(21,22)23)24-15-11-14(12-7-3-1-4-8-12)25(26(15)18(16)27)13-9-5-2-6-10-13/h1-11H. The third-order valence-electron chi connectivity index (χ3n) is 4.06. The molecule has 4 nitrogen and oxygen atoms in total. The lowest BCUT2D eigenvalue weighted by Gasteiger charge is -2.13. The quantitative estimate of drug-likeness (QED) is 0.449. The van der Waals surface area contributed by atoms with E-state index in [-0.39, 0.29) is 5.65 Å². The van der Waals surface area contributed by atoms with Gasteiger partial charge in [0.05, 0.1) is 11.4 Å². The second kappa shape index (κ2) is 6.38. The summed E-state index contributed by atoms with van der Waals surface area (Å²) in [4.78, 5) is 16.5. The Morgan fingerprint density at radius 3 is 2.11 bits per heavy atom. The van der Waals surface area contributed by atoms with Gasteiger partial charge in [0.1, 0.15) is 4.47 Å². The summed E-state index contributed by atoms with van der Waals surface area (Å²) in [6, 6.07) is 19.5. The highest BCUT2D eigenvalue weighted by atomic mass is 79.9. The lowest BCUT2D eigenvalue weighted by atomic mass is 10.1. The monoisotopic (exact) mass is 433 g/mol. The predicted molar refractivity (Wildman–Crippen MR) is 98.9 cm³/mol. The fourth-order valence-corrected chi connectivity index (χ4v) is 3.39. The Kier molecular flexibility index (Phi) is 4.15. The van der Waals surface area contributed by atoms with Crippen LogP contribution in [0.2, 0.25) is 0 Å². The SMILES string of the molecule is O=c1c(Br)c(C(F)(F)F)nc2cc(-c3ccccc3)n(-c3ccccc3)n12. The highest BCUT2D eigenvalue weighted by Crippen LogP contribution is 2.33. The molecule has 0 bridgehead atoms. The van der Waals surface area contributed by atoms with Gasteiger partial charge < -0.3 is 0 Å². The molecule has 0 N–H and O–H groups in total. The number of para-hydroxylation sites is 1. The van der Waals surface area contributed by atoms with Crippen molar-refractivity contribution in [2.75, 3.05) is 0 Å². The molecule has 2 aromatic carbocycles. The van der Waals surface area contributed by atoms with Gasteiger partial charge in [0.2, 0.25) is 0 Å². The van der Waals surface area contributed by atoms with Crippen LogP contribution in [0.5, 0.6) is 0 Å². The van der Waals surface area contributed by atoms with Crippen molar-refractivity contribution >= 4 is 21.6 Å². The first-order chi connectivity index (χ1) is 12.9. The van der Waals surface area contributed by atoms with Gasteiger partial charge >= 0.3 is 6.18 Å². The summed E-state index contributed by atoms with van der Waals surface area (Å²) in [6.07, 6.45) is -4.74. The van der Waals surface area contributed by atoms with E-state index in [0.29, 0.717) is 11.4 Å². The molecule has 27 heavy (non-hydrogen) atoms. The summed E-state index contributed by atoms with van der Waals surface area (Å²) in [7, 11) is 0. The number of benzene rings is 2. The Morgan fingerprint density at radius 2 is 1.52 bits per heavy atom. The largest absolute Gasteiger partial charge is 0.434 e. The van der Waals surface area contributed by atoms with E-state index in [4.69, 9.17) is 0 Å². The number of hydrogen-bond donors (Lipinski definition) is 0. The van der Waals surface area contributed by atoms with Crippen LogP contribution in [-0.2, 0) is 6.18 Å². The Morgan fingerprint density at radius 1 is 0.926 bits per heavy atom. The van der Waals surface area contributed by atoms with Crippen LogP contribution in [0.1, 0.15) is 5.69 Å². The molecule has 4 rings (SSSR count). The molecule has 0 amide bonds. The minimum atomic E-state index is -4.74. The van der Waals surface area contributed by atoms with E-state index in [9.17, 15) is 18.0 Å². The first-order valence-corrected chi connectivity index (χ1v) is 8.69. The number of alkyl halides is 3. The summed E-state index contributed by atoms with van der Waals surface area (Å²) in [5, 5.41) is 0. The van der Waals surface area contributed by atoms with E-state index < -0.39 is 21.9 Å². The lowest BCUT2D eigenvalue weighted by molar-refractivity contribution is -0.141. The molecule has 0 aliphatic rings. The molecule has 0 unspecified atom stereocenters. The molecule has 0 aliphatic carbocycles. The van der Waals surface area contributed by atoms with E-state index in [1.165, 1.54) is 6.07 Å². The highest BCUT2D eigenvalue weighted by Gasteiger charge is 2.37. The Bertz CT molecular complexity index is 1180. The van der Waals surface area contributed by atoms with Crippen molar-refractivity contribution in [1.82, 2.24) is 14.2 Å². The van der Waals surface area contributed by atoms with E-state index in [2.05, 4.69) is 20.9 Å². The molecular formula is C19H11BrF3N3O. The van der Waals surface area contributed by atoms with Crippen LogP contribution in [0.25, 0.3) is 22.6 Å². The molecule has 0 radical (unpaired) electrons. The summed E-state index contributed by atoms with van der Waals surface area (Å²) >= 11 is 2.78. The van der Waals surface area contributed by atoms with Crippen molar-refractivity contribution in [3.05, 3.63) is 87.3 Å². The van der Waals surface area contributed by atoms with Crippen molar-refractivity contribution in [3.8, 4) is 16.9 Å². The first kappa shape index (κ1) is 17.5. The van der Waals surface area contributed by atoms with Gasteiger partial charge in [-0.3, -0.25) is 4.79 Å². The molecule has 0 atom stereocenters. The van der Waals surface area contributed by atoms with E-state index in [0.717, 1.165) is 10.1 Å². The van der Waals surface area contributed by atoms with E-state index in [1.54, 1.807) is 28.9 Å². The number of hydrogen-bond acceptors (Lipinski definition) is 2. The van der Waals surface area contributed by atoms with Crippen molar-refractivity contribution in [2.24, 2.45) is 0 Å². The number of aromatic nitrogens is 3. The fourth-order valence-electron chi connectivity index (χ4n) is 2.91. The van der Waals surface area contributed by atoms with Gasteiger partial charge in [-0.15, -0.1) is 0 Å². The zero-order valence-corrected chi connectivity index (χ0v) is 15.2. The zero-order chi connectivity index (χ0) is 19.2. The molecule has 0 fully saturated rings. The van der Waals surface area contributed by atoms with Gasteiger partial charge in [0, 0.05) is 11.6 Å². The highest BCUT2D eigenvalue weighted by molar-refractivity contribution is 9.10. The molecule has 0 spiro atoms. The number of fused-ring (bicyclic) bond motifs is 1. The van der Waals surface area contributed by atoms with Crippen LogP contribution in [0.3, 0.4) is 0 Å². The van der Waals surface area contributed by atoms with Gasteiger partial charge in [-0.05, 0) is 28.1 Å². The number of nitrogens with zero attached hydrogens (tertiary/aromatic N) is 3. The number of halogens is 4. The normalized spacial score (nSPS) is 11.9. The Balaban J connectivity index is 2.15. The van der Waals surface area contributed by atoms with Crippen LogP contribution in [0, 0.1) is 0 Å². The van der Waals surface area contributed by atoms with Crippen molar-refractivity contribution < 1.29 is 13.2 Å². The smallest absolute Gasteiger partial charge is 0.266 e. The van der Waals surface area contributed by atoms with Crippen molar-refractivity contribution in [2.45, 2.75) is 6.18 Å². The second-order valence-electron chi connectivity index (χ2n) is 5.79. The average Bonchev–Trinajstić information content (AvgIpc) is 3.05. The van der Waals surface area contributed by atoms with Crippen LogP contribution < -0.4 is 5.56 Å². The van der Waals surface area contributed by atoms with Gasteiger partial charge in [0.15, 0.2) is 11.3 Å². The maximum atomic E-state index is 13.3. The summed E-state index contributed by atoms with van der Waals surface area (Å²) in [5.74, 6) is 0. The van der Waals surface area contributed by atoms with Crippen LogP contribution >= 0.6 is 15.9 Å². The van der Waals surface area contributed by atoms with Gasteiger partial charge in [0.25, 0.3) is 5.56 Å². The average molecular weight is 434 g/mol. The summed E-state index contributed by atoms with van der Waals surface area (Å²) in [5.41, 5.74) is -0.232. The zero-order valence-electron chi connectivity index (χ0n) is 13.6. The molecule has 0 aliphatic heterocycles. The maximum absolute atomic E-state index is 13.3. The fraction of sp³-hybridized carbons (Fsp3) is 0.0526.